The molecule has 2 aliphatic heterocycles. The third-order valence-corrected chi connectivity index (χ3v) is 5.91. The van der Waals surface area contributed by atoms with E-state index in [2.05, 4.69) is 41.4 Å². The molecule has 1 amide bonds. The van der Waals surface area contributed by atoms with Crippen molar-refractivity contribution in [3.63, 3.8) is 0 Å². The number of nitrogens with one attached hydrogen (secondary N) is 1. The molecule has 0 spiro atoms. The van der Waals surface area contributed by atoms with Crippen LogP contribution < -0.4 is 10.1 Å². The average molecular weight is 344 g/mol. The number of hydrogen-bond acceptors (Lipinski definition) is 3. The summed E-state index contributed by atoms with van der Waals surface area (Å²) in [5.74, 6) is 2.80. The zero-order valence-electron chi connectivity index (χ0n) is 15.7. The van der Waals surface area contributed by atoms with Gasteiger partial charge in [-0.3, -0.25) is 4.79 Å². The van der Waals surface area contributed by atoms with E-state index in [4.69, 9.17) is 4.74 Å². The van der Waals surface area contributed by atoms with Crippen LogP contribution in [0, 0.1) is 17.8 Å². The van der Waals surface area contributed by atoms with Gasteiger partial charge in [0.25, 0.3) is 0 Å². The van der Waals surface area contributed by atoms with E-state index < -0.39 is 0 Å². The van der Waals surface area contributed by atoms with Crippen LogP contribution in [-0.4, -0.2) is 43.6 Å². The maximum absolute atomic E-state index is 12.6. The lowest BCUT2D eigenvalue weighted by Gasteiger charge is -2.38. The zero-order valence-corrected chi connectivity index (χ0v) is 15.7. The highest BCUT2D eigenvalue weighted by atomic mass is 16.5. The van der Waals surface area contributed by atoms with Crippen molar-refractivity contribution < 1.29 is 9.53 Å². The summed E-state index contributed by atoms with van der Waals surface area (Å²) in [5.41, 5.74) is 1.38. The number of amides is 1. The SMILES string of the molecule is CCOc1ccc(CCC2CCN(C(=O)C(C)C3CNC3)CC2)cc1. The molecule has 3 rings (SSSR count). The maximum atomic E-state index is 12.6. The molecule has 2 saturated heterocycles. The van der Waals surface area contributed by atoms with Gasteiger partial charge in [-0.05, 0) is 75.2 Å². The van der Waals surface area contributed by atoms with Gasteiger partial charge in [0, 0.05) is 19.0 Å². The number of likely N-dealkylation sites (tertiary alicyclic amines) is 1. The Morgan fingerprint density at radius 2 is 1.92 bits per heavy atom. The molecule has 0 saturated carbocycles. The van der Waals surface area contributed by atoms with E-state index in [9.17, 15) is 4.79 Å². The minimum Gasteiger partial charge on any atom is -0.494 e. The van der Waals surface area contributed by atoms with Gasteiger partial charge in [-0.2, -0.15) is 0 Å². The predicted molar refractivity (Wildman–Crippen MR) is 101 cm³/mol. The zero-order chi connectivity index (χ0) is 17.6. The molecule has 2 heterocycles. The second-order valence-electron chi connectivity index (χ2n) is 7.59. The molecule has 1 N–H and O–H groups in total. The van der Waals surface area contributed by atoms with Crippen molar-refractivity contribution in [2.24, 2.45) is 17.8 Å². The van der Waals surface area contributed by atoms with Gasteiger partial charge in [-0.15, -0.1) is 0 Å². The van der Waals surface area contributed by atoms with Gasteiger partial charge in [0.1, 0.15) is 5.75 Å². The summed E-state index contributed by atoms with van der Waals surface area (Å²) in [7, 11) is 0. The van der Waals surface area contributed by atoms with Gasteiger partial charge in [0.2, 0.25) is 5.91 Å². The van der Waals surface area contributed by atoms with E-state index in [1.54, 1.807) is 0 Å². The van der Waals surface area contributed by atoms with Crippen LogP contribution in [0.5, 0.6) is 5.75 Å². The number of ether oxygens (including phenoxy) is 1. The van der Waals surface area contributed by atoms with E-state index in [1.807, 2.05) is 6.92 Å². The molecule has 1 atom stereocenters. The minimum absolute atomic E-state index is 0.182. The smallest absolute Gasteiger partial charge is 0.225 e. The van der Waals surface area contributed by atoms with Crippen LogP contribution in [0.3, 0.4) is 0 Å². The molecule has 138 valence electrons. The first kappa shape index (κ1) is 18.2. The summed E-state index contributed by atoms with van der Waals surface area (Å²) in [4.78, 5) is 14.7. The topological polar surface area (TPSA) is 41.6 Å². The molecule has 1 aromatic carbocycles. The van der Waals surface area contributed by atoms with Gasteiger partial charge in [0.15, 0.2) is 0 Å². The lowest BCUT2D eigenvalue weighted by molar-refractivity contribution is -0.138. The number of piperidine rings is 1. The largest absolute Gasteiger partial charge is 0.494 e. The van der Waals surface area contributed by atoms with Gasteiger partial charge < -0.3 is 15.0 Å². The third-order valence-electron chi connectivity index (χ3n) is 5.91. The van der Waals surface area contributed by atoms with Crippen molar-refractivity contribution in [2.45, 2.75) is 39.5 Å². The van der Waals surface area contributed by atoms with E-state index in [-0.39, 0.29) is 5.92 Å². The van der Waals surface area contributed by atoms with Crippen LogP contribution in [0.15, 0.2) is 24.3 Å². The summed E-state index contributed by atoms with van der Waals surface area (Å²) < 4.78 is 5.50. The molecule has 4 heteroatoms. The molecule has 0 radical (unpaired) electrons. The minimum atomic E-state index is 0.182. The van der Waals surface area contributed by atoms with Gasteiger partial charge >= 0.3 is 0 Å². The number of hydrogen-bond donors (Lipinski definition) is 1. The number of aryl methyl sites for hydroxylation is 1. The van der Waals surface area contributed by atoms with Crippen molar-refractivity contribution in [2.75, 3.05) is 32.8 Å². The van der Waals surface area contributed by atoms with Crippen molar-refractivity contribution in [3.8, 4) is 5.75 Å². The van der Waals surface area contributed by atoms with Crippen LogP contribution in [0.1, 0.15) is 38.7 Å². The lowest BCUT2D eigenvalue weighted by Crippen LogP contribution is -2.51. The summed E-state index contributed by atoms with van der Waals surface area (Å²) in [6.45, 7) is 8.72. The fraction of sp³-hybridized carbons (Fsp3) is 0.667. The van der Waals surface area contributed by atoms with E-state index in [0.717, 1.165) is 57.1 Å². The Balaban J connectivity index is 1.39. The van der Waals surface area contributed by atoms with Crippen molar-refractivity contribution in [3.05, 3.63) is 29.8 Å². The molecular weight excluding hydrogens is 312 g/mol. The van der Waals surface area contributed by atoms with Gasteiger partial charge in [0.05, 0.1) is 6.61 Å². The Kier molecular flexibility index (Phi) is 6.35. The van der Waals surface area contributed by atoms with Crippen LogP contribution in [0.2, 0.25) is 0 Å². The predicted octanol–water partition coefficient (Wildman–Crippen LogP) is 3.11. The Morgan fingerprint density at radius 1 is 1.24 bits per heavy atom. The maximum Gasteiger partial charge on any atom is 0.225 e. The van der Waals surface area contributed by atoms with E-state index in [0.29, 0.717) is 18.4 Å². The van der Waals surface area contributed by atoms with Crippen LogP contribution in [-0.2, 0) is 11.2 Å². The normalized spacial score (nSPS) is 20.2. The summed E-state index contributed by atoms with van der Waals surface area (Å²) in [5, 5.41) is 3.27. The van der Waals surface area contributed by atoms with E-state index in [1.165, 1.54) is 12.0 Å². The average Bonchev–Trinajstić information content (AvgIpc) is 2.60. The lowest BCUT2D eigenvalue weighted by atomic mass is 9.86. The van der Waals surface area contributed by atoms with Crippen LogP contribution in [0.25, 0.3) is 0 Å². The standard InChI is InChI=1S/C21H32N2O2/c1-3-25-20-8-6-17(7-9-20)4-5-18-10-12-23(13-11-18)21(24)16(2)19-14-22-15-19/h6-9,16,18-19,22H,3-5,10-15H2,1-2H3. The molecule has 1 aromatic rings. The molecular formula is C21H32N2O2. The summed E-state index contributed by atoms with van der Waals surface area (Å²) in [6.07, 6.45) is 4.64. The fourth-order valence-corrected chi connectivity index (χ4v) is 3.89. The van der Waals surface area contributed by atoms with Crippen molar-refractivity contribution >= 4 is 5.91 Å². The number of nitrogens with zero attached hydrogens (tertiary/aromatic N) is 1. The molecule has 25 heavy (non-hydrogen) atoms. The summed E-state index contributed by atoms with van der Waals surface area (Å²) >= 11 is 0. The number of carbonyl (C=O) groups excluding carboxylic acids is 1. The highest BCUT2D eigenvalue weighted by Crippen LogP contribution is 2.26. The van der Waals surface area contributed by atoms with Crippen molar-refractivity contribution in [1.82, 2.24) is 10.2 Å². The molecule has 2 aliphatic rings. The summed E-state index contributed by atoms with van der Waals surface area (Å²) in [6, 6.07) is 8.49. The van der Waals surface area contributed by atoms with Crippen LogP contribution in [0.4, 0.5) is 0 Å². The first-order chi connectivity index (χ1) is 12.2. The molecule has 0 bridgehead atoms. The molecule has 0 aromatic heterocycles. The first-order valence-electron chi connectivity index (χ1n) is 9.88. The quantitative estimate of drug-likeness (QED) is 0.826. The Morgan fingerprint density at radius 3 is 2.48 bits per heavy atom. The number of benzene rings is 1. The van der Waals surface area contributed by atoms with Gasteiger partial charge in [-0.25, -0.2) is 0 Å². The monoisotopic (exact) mass is 344 g/mol. The van der Waals surface area contributed by atoms with Crippen LogP contribution >= 0.6 is 0 Å². The first-order valence-corrected chi connectivity index (χ1v) is 9.88. The second kappa shape index (κ2) is 8.70. The van der Waals surface area contributed by atoms with Crippen molar-refractivity contribution in [1.29, 1.82) is 0 Å². The number of carbonyl (C=O) groups is 1. The molecule has 4 nitrogen and oxygen atoms in total. The van der Waals surface area contributed by atoms with Gasteiger partial charge in [-0.1, -0.05) is 19.1 Å². The Hall–Kier alpha value is -1.55. The Labute approximate surface area is 151 Å². The third kappa shape index (κ3) is 4.75. The number of rotatable bonds is 7. The molecule has 0 aliphatic carbocycles. The van der Waals surface area contributed by atoms with E-state index >= 15 is 0 Å². The second-order valence-corrected chi connectivity index (χ2v) is 7.59. The molecule has 1 unspecified atom stereocenters. The molecule has 2 fully saturated rings. The fourth-order valence-electron chi connectivity index (χ4n) is 3.89. The Bertz CT molecular complexity index is 546. The highest BCUT2D eigenvalue weighted by molar-refractivity contribution is 5.79. The highest BCUT2D eigenvalue weighted by Gasteiger charge is 2.33.